The molecule has 10 heavy (non-hydrogen) atoms. The molecule has 0 aliphatic rings. The number of rotatable bonds is 2. The van der Waals surface area contributed by atoms with E-state index in [1.165, 1.54) is 6.92 Å². The zero-order valence-corrected chi connectivity index (χ0v) is 11.0. The van der Waals surface area contributed by atoms with E-state index in [1.54, 1.807) is 0 Å². The molecule has 0 aromatic rings. The summed E-state index contributed by atoms with van der Waals surface area (Å²) in [4.78, 5) is 13.4. The number of carbonyl (C=O) groups excluding carboxylic acids is 1. The molecule has 0 rings (SSSR count). The van der Waals surface area contributed by atoms with Crippen LogP contribution in [0.1, 0.15) is 6.92 Å². The molecule has 0 saturated heterocycles. The van der Waals surface area contributed by atoms with Gasteiger partial charge in [-0.15, -0.1) is 0 Å². The molecule has 0 saturated carbocycles. The fourth-order valence-electron chi connectivity index (χ4n) is 0.205. The molecule has 0 spiro atoms. The Morgan fingerprint density at radius 1 is 1.50 bits per heavy atom. The van der Waals surface area contributed by atoms with E-state index < -0.39 is 18.2 Å². The SMILES string of the molecule is CC(C(=O)OO)C(O)O.[BiH3]. The Hall–Kier alpha value is 0.233. The van der Waals surface area contributed by atoms with E-state index in [0.717, 1.165) is 0 Å². The van der Waals surface area contributed by atoms with Gasteiger partial charge in [-0.1, -0.05) is 0 Å². The van der Waals surface area contributed by atoms with Gasteiger partial charge in [-0.3, -0.25) is 0 Å². The van der Waals surface area contributed by atoms with Crippen molar-refractivity contribution < 1.29 is 25.2 Å². The molecule has 0 aliphatic heterocycles. The molecule has 1 atom stereocenters. The van der Waals surface area contributed by atoms with Crippen molar-refractivity contribution in [1.82, 2.24) is 0 Å². The molecule has 6 heteroatoms. The Balaban J connectivity index is 0. The van der Waals surface area contributed by atoms with Crippen LogP contribution in [0, 0.1) is 5.92 Å². The summed E-state index contributed by atoms with van der Waals surface area (Å²) in [7, 11) is 0. The molecular formula is C4H11BiO5. The van der Waals surface area contributed by atoms with Crippen LogP contribution in [0.2, 0.25) is 0 Å². The second kappa shape index (κ2) is 5.98. The quantitative estimate of drug-likeness (QED) is 0.228. The van der Waals surface area contributed by atoms with Crippen molar-refractivity contribution in [1.29, 1.82) is 0 Å². The van der Waals surface area contributed by atoms with Crippen LogP contribution in [-0.2, 0) is 9.68 Å². The van der Waals surface area contributed by atoms with Crippen molar-refractivity contribution in [2.75, 3.05) is 0 Å². The summed E-state index contributed by atoms with van der Waals surface area (Å²) < 4.78 is 0. The molecule has 0 heterocycles. The molecular weight excluding hydrogens is 337 g/mol. The zero-order valence-electron chi connectivity index (χ0n) is 5.52. The summed E-state index contributed by atoms with van der Waals surface area (Å²) in [6, 6.07) is 0. The predicted octanol–water partition coefficient (Wildman–Crippen LogP) is -2.23. The summed E-state index contributed by atoms with van der Waals surface area (Å²) >= 11 is 0. The van der Waals surface area contributed by atoms with E-state index in [9.17, 15) is 4.79 Å². The van der Waals surface area contributed by atoms with E-state index in [4.69, 9.17) is 15.5 Å². The summed E-state index contributed by atoms with van der Waals surface area (Å²) in [5.74, 6) is -2.18. The topological polar surface area (TPSA) is 87.0 Å². The number of aliphatic hydroxyl groups is 2. The summed E-state index contributed by atoms with van der Waals surface area (Å²) in [5.41, 5.74) is 0. The van der Waals surface area contributed by atoms with Gasteiger partial charge in [-0.05, 0) is 6.92 Å². The van der Waals surface area contributed by atoms with Crippen molar-refractivity contribution in [2.45, 2.75) is 13.2 Å². The molecule has 0 radical (unpaired) electrons. The number of hydrogen-bond donors (Lipinski definition) is 3. The maximum absolute atomic E-state index is 10.2. The molecule has 0 fully saturated rings. The molecule has 3 N–H and O–H groups in total. The van der Waals surface area contributed by atoms with Crippen LogP contribution in [0.15, 0.2) is 0 Å². The van der Waals surface area contributed by atoms with Crippen molar-refractivity contribution in [3.8, 4) is 0 Å². The third-order valence-corrected chi connectivity index (χ3v) is 0.909. The monoisotopic (exact) mass is 348 g/mol. The Labute approximate surface area is 76.7 Å². The standard InChI is InChI=1S/C4H8O5.Bi.3H/c1-2(3(5)6)4(7)9-8;;;;/h2-3,5-6,8H,1H3;;;;. The van der Waals surface area contributed by atoms with Crippen LogP contribution in [0.5, 0.6) is 0 Å². The van der Waals surface area contributed by atoms with E-state index in [0.29, 0.717) is 0 Å². The summed E-state index contributed by atoms with van der Waals surface area (Å²) in [6.45, 7) is 1.21. The predicted molar refractivity (Wildman–Crippen MR) is 36.0 cm³/mol. The Morgan fingerprint density at radius 3 is 2.00 bits per heavy atom. The van der Waals surface area contributed by atoms with Gasteiger partial charge in [0.25, 0.3) is 0 Å². The average Bonchev–Trinajstić information content (AvgIpc) is 1.84. The Morgan fingerprint density at radius 2 is 1.90 bits per heavy atom. The van der Waals surface area contributed by atoms with Crippen LogP contribution >= 0.6 is 0 Å². The molecule has 0 aliphatic carbocycles. The van der Waals surface area contributed by atoms with Gasteiger partial charge in [-0.2, -0.15) is 5.26 Å². The molecule has 1 unspecified atom stereocenters. The minimum absolute atomic E-state index is 0. The van der Waals surface area contributed by atoms with E-state index in [-0.39, 0.29) is 26.2 Å². The fraction of sp³-hybridized carbons (Fsp3) is 0.750. The zero-order chi connectivity index (χ0) is 7.44. The fourth-order valence-corrected chi connectivity index (χ4v) is 0.205. The van der Waals surface area contributed by atoms with E-state index in [1.807, 2.05) is 0 Å². The summed E-state index contributed by atoms with van der Waals surface area (Å²) in [6.07, 6.45) is -1.79. The number of hydrogen-bond acceptors (Lipinski definition) is 5. The normalized spacial score (nSPS) is 12.1. The van der Waals surface area contributed by atoms with Gasteiger partial charge >= 0.3 is 32.2 Å². The van der Waals surface area contributed by atoms with Gasteiger partial charge in [-0.25, -0.2) is 4.79 Å². The Kier molecular flexibility index (Phi) is 7.69. The Bertz CT molecular complexity index is 104. The van der Waals surface area contributed by atoms with Crippen molar-refractivity contribution in [3.05, 3.63) is 0 Å². The molecule has 0 aromatic carbocycles. The van der Waals surface area contributed by atoms with E-state index in [2.05, 4.69) is 4.89 Å². The van der Waals surface area contributed by atoms with Crippen molar-refractivity contribution in [3.63, 3.8) is 0 Å². The average molecular weight is 348 g/mol. The number of aliphatic hydroxyl groups excluding tert-OH is 1. The summed E-state index contributed by atoms with van der Waals surface area (Å²) in [5, 5.41) is 24.2. The molecule has 0 aromatic heterocycles. The molecule has 5 nitrogen and oxygen atoms in total. The van der Waals surface area contributed by atoms with Crippen LogP contribution in [0.4, 0.5) is 0 Å². The van der Waals surface area contributed by atoms with Gasteiger partial charge in [0.05, 0.1) is 0 Å². The van der Waals surface area contributed by atoms with Crippen molar-refractivity contribution in [2.24, 2.45) is 5.92 Å². The first-order valence-corrected chi connectivity index (χ1v) is 2.31. The van der Waals surface area contributed by atoms with E-state index >= 15 is 0 Å². The van der Waals surface area contributed by atoms with Gasteiger partial charge in [0.1, 0.15) is 5.92 Å². The second-order valence-corrected chi connectivity index (χ2v) is 1.61. The van der Waals surface area contributed by atoms with Crippen molar-refractivity contribution >= 4 is 32.2 Å². The first kappa shape index (κ1) is 12.9. The third kappa shape index (κ3) is 4.11. The van der Waals surface area contributed by atoms with Crippen LogP contribution in [0.25, 0.3) is 0 Å². The molecule has 0 bridgehead atoms. The molecule has 62 valence electrons. The first-order chi connectivity index (χ1) is 4.09. The van der Waals surface area contributed by atoms with Gasteiger partial charge in [0.15, 0.2) is 6.29 Å². The first-order valence-electron chi connectivity index (χ1n) is 2.31. The molecule has 0 amide bonds. The van der Waals surface area contributed by atoms with Gasteiger partial charge in [0, 0.05) is 0 Å². The maximum atomic E-state index is 10.2. The van der Waals surface area contributed by atoms with Gasteiger partial charge in [0.2, 0.25) is 0 Å². The van der Waals surface area contributed by atoms with Crippen LogP contribution in [-0.4, -0.2) is 53.9 Å². The van der Waals surface area contributed by atoms with Gasteiger partial charge < -0.3 is 15.1 Å². The second-order valence-electron chi connectivity index (χ2n) is 1.61. The third-order valence-electron chi connectivity index (χ3n) is 0.909. The minimum atomic E-state index is -1.79. The van der Waals surface area contributed by atoms with Crippen LogP contribution in [0.3, 0.4) is 0 Å². The van der Waals surface area contributed by atoms with Crippen LogP contribution < -0.4 is 0 Å². The number of carbonyl (C=O) groups is 1.